The molecule has 0 aliphatic carbocycles. The third-order valence-electron chi connectivity index (χ3n) is 2.88. The van der Waals surface area contributed by atoms with Crippen LogP contribution in [0.25, 0.3) is 0 Å². The second-order valence-electron chi connectivity index (χ2n) is 4.34. The monoisotopic (exact) mass is 266 g/mol. The number of nitrogens with one attached hydrogen (secondary N) is 2. The highest BCUT2D eigenvalue weighted by atomic mass is 32.2. The minimum absolute atomic E-state index is 0.0317. The predicted molar refractivity (Wildman–Crippen MR) is 73.7 cm³/mol. The molecule has 0 aromatic heterocycles. The quantitative estimate of drug-likeness (QED) is 0.699. The molecule has 1 aromatic rings. The van der Waals surface area contributed by atoms with Crippen molar-refractivity contribution in [3.05, 3.63) is 29.8 Å². The Balaban J connectivity index is 1.65. The maximum absolute atomic E-state index is 11.7. The molecule has 0 radical (unpaired) electrons. The zero-order chi connectivity index (χ0) is 12.8. The van der Waals surface area contributed by atoms with E-state index in [-0.39, 0.29) is 11.9 Å². The van der Waals surface area contributed by atoms with Crippen LogP contribution >= 0.6 is 11.8 Å². The lowest BCUT2D eigenvalue weighted by molar-refractivity contribution is -0.122. The zero-order valence-electron chi connectivity index (χ0n) is 10.2. The number of aromatic hydroxyl groups is 1. The van der Waals surface area contributed by atoms with Gasteiger partial charge in [0.25, 0.3) is 0 Å². The van der Waals surface area contributed by atoms with Crippen LogP contribution in [0.15, 0.2) is 24.3 Å². The molecule has 1 unspecified atom stereocenters. The van der Waals surface area contributed by atoms with Crippen molar-refractivity contribution >= 4 is 17.7 Å². The Morgan fingerprint density at radius 2 is 2.44 bits per heavy atom. The van der Waals surface area contributed by atoms with E-state index in [1.165, 1.54) is 0 Å². The maximum atomic E-state index is 11.7. The van der Waals surface area contributed by atoms with Gasteiger partial charge in [0.2, 0.25) is 5.91 Å². The van der Waals surface area contributed by atoms with Crippen LogP contribution in [-0.2, 0) is 11.2 Å². The van der Waals surface area contributed by atoms with Gasteiger partial charge < -0.3 is 10.4 Å². The van der Waals surface area contributed by atoms with Crippen molar-refractivity contribution in [1.82, 2.24) is 10.6 Å². The summed E-state index contributed by atoms with van der Waals surface area (Å²) in [6.07, 6.45) is 1.75. The van der Waals surface area contributed by atoms with E-state index in [2.05, 4.69) is 10.6 Å². The molecule has 3 N–H and O–H groups in total. The van der Waals surface area contributed by atoms with Gasteiger partial charge in [-0.1, -0.05) is 12.1 Å². The van der Waals surface area contributed by atoms with E-state index in [9.17, 15) is 9.90 Å². The number of rotatable bonds is 5. The summed E-state index contributed by atoms with van der Waals surface area (Å²) in [5.41, 5.74) is 1.10. The van der Waals surface area contributed by atoms with E-state index in [1.807, 2.05) is 12.1 Å². The number of benzene rings is 1. The SMILES string of the molecule is O=C(NCCCc1cccc(O)c1)C1CSCN1. The van der Waals surface area contributed by atoms with Gasteiger partial charge in [-0.15, -0.1) is 11.8 Å². The number of carbonyl (C=O) groups excluding carboxylic acids is 1. The summed E-state index contributed by atoms with van der Waals surface area (Å²) in [5, 5.41) is 15.4. The second kappa shape index (κ2) is 6.66. The molecule has 1 aromatic carbocycles. The minimum Gasteiger partial charge on any atom is -0.508 e. The normalized spacial score (nSPS) is 18.8. The molecule has 1 amide bonds. The summed E-state index contributed by atoms with van der Waals surface area (Å²) in [7, 11) is 0. The molecule has 4 nitrogen and oxygen atoms in total. The van der Waals surface area contributed by atoms with E-state index in [0.717, 1.165) is 30.0 Å². The van der Waals surface area contributed by atoms with Crippen molar-refractivity contribution < 1.29 is 9.90 Å². The van der Waals surface area contributed by atoms with E-state index < -0.39 is 0 Å². The summed E-state index contributed by atoms with van der Waals surface area (Å²) in [6.45, 7) is 0.678. The molecule has 1 heterocycles. The van der Waals surface area contributed by atoms with Crippen LogP contribution in [-0.4, -0.2) is 35.2 Å². The first-order valence-corrected chi connectivity index (χ1v) is 7.28. The summed E-state index contributed by atoms with van der Waals surface area (Å²) in [6, 6.07) is 7.21. The van der Waals surface area contributed by atoms with Gasteiger partial charge >= 0.3 is 0 Å². The summed E-state index contributed by atoms with van der Waals surface area (Å²) in [5.74, 6) is 2.11. The maximum Gasteiger partial charge on any atom is 0.238 e. The van der Waals surface area contributed by atoms with Gasteiger partial charge in [-0.25, -0.2) is 0 Å². The van der Waals surface area contributed by atoms with Gasteiger partial charge in [0, 0.05) is 18.2 Å². The summed E-state index contributed by atoms with van der Waals surface area (Å²) < 4.78 is 0. The Morgan fingerprint density at radius 1 is 1.56 bits per heavy atom. The van der Waals surface area contributed by atoms with Gasteiger partial charge in [-0.05, 0) is 30.5 Å². The lowest BCUT2D eigenvalue weighted by atomic mass is 10.1. The molecule has 0 bridgehead atoms. The van der Waals surface area contributed by atoms with E-state index in [0.29, 0.717) is 12.3 Å². The van der Waals surface area contributed by atoms with Crippen molar-refractivity contribution in [3.63, 3.8) is 0 Å². The molecule has 1 fully saturated rings. The average molecular weight is 266 g/mol. The first-order chi connectivity index (χ1) is 8.75. The number of hydrogen-bond donors (Lipinski definition) is 3. The van der Waals surface area contributed by atoms with Crippen molar-refractivity contribution in [3.8, 4) is 5.75 Å². The third-order valence-corrected chi connectivity index (χ3v) is 3.82. The number of aryl methyl sites for hydroxylation is 1. The molecule has 1 saturated heterocycles. The number of hydrogen-bond acceptors (Lipinski definition) is 4. The summed E-state index contributed by atoms with van der Waals surface area (Å²) in [4.78, 5) is 11.7. The Kier molecular flexibility index (Phi) is 4.90. The van der Waals surface area contributed by atoms with Crippen LogP contribution in [0, 0.1) is 0 Å². The second-order valence-corrected chi connectivity index (χ2v) is 5.37. The fourth-order valence-electron chi connectivity index (χ4n) is 1.90. The largest absolute Gasteiger partial charge is 0.508 e. The number of carbonyl (C=O) groups is 1. The van der Waals surface area contributed by atoms with Crippen LogP contribution in [0.3, 0.4) is 0 Å². The van der Waals surface area contributed by atoms with E-state index >= 15 is 0 Å². The van der Waals surface area contributed by atoms with Crippen LogP contribution in [0.5, 0.6) is 5.75 Å². The summed E-state index contributed by atoms with van der Waals surface area (Å²) >= 11 is 1.75. The molecular weight excluding hydrogens is 248 g/mol. The van der Waals surface area contributed by atoms with Crippen LogP contribution in [0.1, 0.15) is 12.0 Å². The van der Waals surface area contributed by atoms with Crippen molar-refractivity contribution in [1.29, 1.82) is 0 Å². The van der Waals surface area contributed by atoms with E-state index in [1.54, 1.807) is 23.9 Å². The molecule has 98 valence electrons. The smallest absolute Gasteiger partial charge is 0.238 e. The fourth-order valence-corrected chi connectivity index (χ4v) is 2.84. The number of amides is 1. The van der Waals surface area contributed by atoms with Crippen molar-refractivity contribution in [2.75, 3.05) is 18.2 Å². The van der Waals surface area contributed by atoms with Crippen LogP contribution in [0.4, 0.5) is 0 Å². The first-order valence-electron chi connectivity index (χ1n) is 6.12. The predicted octanol–water partition coefficient (Wildman–Crippen LogP) is 1.10. The highest BCUT2D eigenvalue weighted by Crippen LogP contribution is 2.12. The van der Waals surface area contributed by atoms with Crippen LogP contribution < -0.4 is 10.6 Å². The molecular formula is C13H18N2O2S. The fraction of sp³-hybridized carbons (Fsp3) is 0.462. The lowest BCUT2D eigenvalue weighted by Gasteiger charge is -2.10. The molecule has 2 rings (SSSR count). The Hall–Kier alpha value is -1.20. The highest BCUT2D eigenvalue weighted by molar-refractivity contribution is 7.99. The molecule has 0 saturated carbocycles. The van der Waals surface area contributed by atoms with Gasteiger partial charge in [-0.3, -0.25) is 10.1 Å². The standard InChI is InChI=1S/C13H18N2O2S/c16-11-5-1-3-10(7-11)4-2-6-14-13(17)12-8-18-9-15-12/h1,3,5,7,12,15-16H,2,4,6,8-9H2,(H,14,17). The number of phenols is 1. The Bertz CT molecular complexity index is 406. The Labute approximate surface area is 111 Å². The molecule has 18 heavy (non-hydrogen) atoms. The molecule has 5 heteroatoms. The minimum atomic E-state index is -0.0317. The topological polar surface area (TPSA) is 61.4 Å². The van der Waals surface area contributed by atoms with Gasteiger partial charge in [0.1, 0.15) is 5.75 Å². The highest BCUT2D eigenvalue weighted by Gasteiger charge is 2.21. The third kappa shape index (κ3) is 3.92. The van der Waals surface area contributed by atoms with Crippen LogP contribution in [0.2, 0.25) is 0 Å². The van der Waals surface area contributed by atoms with Gasteiger partial charge in [0.15, 0.2) is 0 Å². The zero-order valence-corrected chi connectivity index (χ0v) is 11.0. The van der Waals surface area contributed by atoms with Crippen molar-refractivity contribution in [2.24, 2.45) is 0 Å². The van der Waals surface area contributed by atoms with Crippen molar-refractivity contribution in [2.45, 2.75) is 18.9 Å². The molecule has 1 aliphatic rings. The molecule has 1 atom stereocenters. The van der Waals surface area contributed by atoms with E-state index in [4.69, 9.17) is 0 Å². The number of phenolic OH excluding ortho intramolecular Hbond substituents is 1. The lowest BCUT2D eigenvalue weighted by Crippen LogP contribution is -2.42. The molecule has 1 aliphatic heterocycles. The number of thioether (sulfide) groups is 1. The van der Waals surface area contributed by atoms with Gasteiger partial charge in [0.05, 0.1) is 6.04 Å². The van der Waals surface area contributed by atoms with Gasteiger partial charge in [-0.2, -0.15) is 0 Å². The first kappa shape index (κ1) is 13.2. The Morgan fingerprint density at radius 3 is 3.17 bits per heavy atom. The average Bonchev–Trinajstić information content (AvgIpc) is 2.88. The molecule has 0 spiro atoms.